The van der Waals surface area contributed by atoms with Crippen LogP contribution in [0.3, 0.4) is 0 Å². The maximum atomic E-state index is 12.1. The van der Waals surface area contributed by atoms with E-state index < -0.39 is 0 Å². The molecule has 28 heavy (non-hydrogen) atoms. The lowest BCUT2D eigenvalue weighted by Crippen LogP contribution is -2.49. The highest BCUT2D eigenvalue weighted by molar-refractivity contribution is 5.85. The zero-order chi connectivity index (χ0) is 18.0. The quantitative estimate of drug-likeness (QED) is 0.742. The summed E-state index contributed by atoms with van der Waals surface area (Å²) in [6.07, 6.45) is 4.39. The molecule has 6 heteroatoms. The fourth-order valence-electron chi connectivity index (χ4n) is 3.09. The zero-order valence-corrected chi connectivity index (χ0v) is 17.6. The number of nitrogens with one attached hydrogen (secondary N) is 1. The van der Waals surface area contributed by atoms with Crippen molar-refractivity contribution in [1.29, 1.82) is 0 Å². The summed E-state index contributed by atoms with van der Waals surface area (Å²) in [7, 11) is 0. The first-order valence-corrected chi connectivity index (χ1v) is 9.26. The fourth-order valence-corrected chi connectivity index (χ4v) is 3.09. The van der Waals surface area contributed by atoms with E-state index in [0.717, 1.165) is 38.3 Å². The van der Waals surface area contributed by atoms with Crippen LogP contribution in [-0.4, -0.2) is 55.0 Å². The molecule has 1 heterocycles. The van der Waals surface area contributed by atoms with Crippen molar-refractivity contribution < 1.29 is 4.79 Å². The van der Waals surface area contributed by atoms with Gasteiger partial charge in [0.1, 0.15) is 0 Å². The number of piperazine rings is 1. The van der Waals surface area contributed by atoms with Gasteiger partial charge in [-0.1, -0.05) is 72.8 Å². The molecule has 3 rings (SSSR count). The van der Waals surface area contributed by atoms with Crippen LogP contribution in [-0.2, 0) is 11.3 Å². The number of amides is 1. The molecule has 0 saturated carbocycles. The SMILES string of the molecule is Cl.Cl.O=C(CN1CCN(CC=Cc2ccccc2)CC1)NCc1ccccc1. The number of carbonyl (C=O) groups is 1. The Morgan fingerprint density at radius 3 is 2.07 bits per heavy atom. The van der Waals surface area contributed by atoms with E-state index in [2.05, 4.69) is 51.5 Å². The Balaban J connectivity index is 0.00000196. The lowest BCUT2D eigenvalue weighted by molar-refractivity contribution is -0.122. The number of carbonyl (C=O) groups excluding carboxylic acids is 1. The van der Waals surface area contributed by atoms with Gasteiger partial charge in [0.15, 0.2) is 0 Å². The number of hydrogen-bond donors (Lipinski definition) is 1. The zero-order valence-electron chi connectivity index (χ0n) is 16.0. The van der Waals surface area contributed by atoms with Crippen LogP contribution in [0.25, 0.3) is 6.08 Å². The first kappa shape index (κ1) is 24.2. The summed E-state index contributed by atoms with van der Waals surface area (Å²) in [6, 6.07) is 20.4. The van der Waals surface area contributed by atoms with Crippen molar-refractivity contribution in [3.05, 3.63) is 77.9 Å². The Morgan fingerprint density at radius 2 is 1.43 bits per heavy atom. The fraction of sp³-hybridized carbons (Fsp3) is 0.318. The minimum Gasteiger partial charge on any atom is -0.351 e. The molecule has 0 aliphatic carbocycles. The molecule has 1 aliphatic rings. The molecule has 0 spiro atoms. The van der Waals surface area contributed by atoms with Crippen LogP contribution in [0.2, 0.25) is 0 Å². The molecule has 0 aromatic heterocycles. The van der Waals surface area contributed by atoms with Crippen LogP contribution >= 0.6 is 24.8 Å². The number of hydrogen-bond acceptors (Lipinski definition) is 3. The molecule has 1 saturated heterocycles. The predicted molar refractivity (Wildman–Crippen MR) is 121 cm³/mol. The van der Waals surface area contributed by atoms with Gasteiger partial charge in [-0.05, 0) is 11.1 Å². The maximum absolute atomic E-state index is 12.1. The normalized spacial score (nSPS) is 14.9. The van der Waals surface area contributed by atoms with E-state index in [-0.39, 0.29) is 30.7 Å². The van der Waals surface area contributed by atoms with Gasteiger partial charge in [-0.2, -0.15) is 0 Å². The van der Waals surface area contributed by atoms with Crippen molar-refractivity contribution in [3.63, 3.8) is 0 Å². The van der Waals surface area contributed by atoms with Crippen molar-refractivity contribution in [2.45, 2.75) is 6.54 Å². The summed E-state index contributed by atoms with van der Waals surface area (Å²) in [5, 5.41) is 3.00. The third kappa shape index (κ3) is 8.44. The molecule has 1 N–H and O–H groups in total. The number of halogens is 2. The van der Waals surface area contributed by atoms with E-state index in [9.17, 15) is 4.79 Å². The van der Waals surface area contributed by atoms with Gasteiger partial charge < -0.3 is 5.32 Å². The minimum atomic E-state index is 0. The molecule has 0 atom stereocenters. The van der Waals surface area contributed by atoms with Crippen LogP contribution in [0.1, 0.15) is 11.1 Å². The summed E-state index contributed by atoms with van der Waals surface area (Å²) < 4.78 is 0. The van der Waals surface area contributed by atoms with Gasteiger partial charge in [0.05, 0.1) is 6.54 Å². The summed E-state index contributed by atoms with van der Waals surface area (Å²) in [6.45, 7) is 5.94. The van der Waals surface area contributed by atoms with Crippen molar-refractivity contribution in [2.75, 3.05) is 39.3 Å². The van der Waals surface area contributed by atoms with Crippen molar-refractivity contribution in [3.8, 4) is 0 Å². The average molecular weight is 422 g/mol. The standard InChI is InChI=1S/C22H27N3O.2ClH/c26-22(23-18-21-10-5-2-6-11-21)19-25-16-14-24(15-17-25)13-7-12-20-8-3-1-4-9-20;;/h1-12H,13-19H2,(H,23,26);2*1H. The van der Waals surface area contributed by atoms with Crippen LogP contribution in [0, 0.1) is 0 Å². The van der Waals surface area contributed by atoms with Gasteiger partial charge in [-0.3, -0.25) is 14.6 Å². The Kier molecular flexibility index (Phi) is 11.5. The highest BCUT2D eigenvalue weighted by atomic mass is 35.5. The van der Waals surface area contributed by atoms with E-state index in [1.807, 2.05) is 36.4 Å². The Hall–Kier alpha value is -1.85. The van der Waals surface area contributed by atoms with Crippen molar-refractivity contribution >= 4 is 36.8 Å². The minimum absolute atomic E-state index is 0. The molecule has 4 nitrogen and oxygen atoms in total. The van der Waals surface area contributed by atoms with Gasteiger partial charge in [-0.15, -0.1) is 24.8 Å². The molecule has 0 unspecified atom stereocenters. The molecule has 0 radical (unpaired) electrons. The highest BCUT2D eigenvalue weighted by Gasteiger charge is 2.17. The maximum Gasteiger partial charge on any atom is 0.234 e. The summed E-state index contributed by atoms with van der Waals surface area (Å²) >= 11 is 0. The largest absolute Gasteiger partial charge is 0.351 e. The monoisotopic (exact) mass is 421 g/mol. The third-order valence-electron chi connectivity index (χ3n) is 4.64. The molecule has 1 amide bonds. The van der Waals surface area contributed by atoms with Gasteiger partial charge in [0.2, 0.25) is 5.91 Å². The van der Waals surface area contributed by atoms with Crippen LogP contribution in [0.4, 0.5) is 0 Å². The molecule has 2 aromatic rings. The molecule has 152 valence electrons. The molecular formula is C22H29Cl2N3O. The lowest BCUT2D eigenvalue weighted by atomic mass is 10.2. The molecule has 1 fully saturated rings. The molecular weight excluding hydrogens is 393 g/mol. The van der Waals surface area contributed by atoms with Crippen LogP contribution in [0.15, 0.2) is 66.7 Å². The van der Waals surface area contributed by atoms with Gasteiger partial charge in [-0.25, -0.2) is 0 Å². The second kappa shape index (κ2) is 13.3. The van der Waals surface area contributed by atoms with Crippen molar-refractivity contribution in [2.24, 2.45) is 0 Å². The second-order valence-electron chi connectivity index (χ2n) is 6.65. The van der Waals surface area contributed by atoms with Gasteiger partial charge in [0.25, 0.3) is 0 Å². The lowest BCUT2D eigenvalue weighted by Gasteiger charge is -2.33. The smallest absolute Gasteiger partial charge is 0.234 e. The summed E-state index contributed by atoms with van der Waals surface area (Å²) in [5.74, 6) is 0.103. The number of rotatable bonds is 7. The first-order chi connectivity index (χ1) is 12.8. The van der Waals surface area contributed by atoms with E-state index in [0.29, 0.717) is 13.1 Å². The molecule has 2 aromatic carbocycles. The number of benzene rings is 2. The van der Waals surface area contributed by atoms with E-state index in [4.69, 9.17) is 0 Å². The summed E-state index contributed by atoms with van der Waals surface area (Å²) in [5.41, 5.74) is 2.37. The second-order valence-corrected chi connectivity index (χ2v) is 6.65. The topological polar surface area (TPSA) is 35.6 Å². The average Bonchev–Trinajstić information content (AvgIpc) is 2.69. The van der Waals surface area contributed by atoms with Crippen LogP contribution < -0.4 is 5.32 Å². The van der Waals surface area contributed by atoms with Crippen LogP contribution in [0.5, 0.6) is 0 Å². The molecule has 1 aliphatic heterocycles. The van der Waals surface area contributed by atoms with E-state index in [1.54, 1.807) is 0 Å². The highest BCUT2D eigenvalue weighted by Crippen LogP contribution is 2.04. The van der Waals surface area contributed by atoms with Gasteiger partial charge in [0, 0.05) is 39.3 Å². The van der Waals surface area contributed by atoms with E-state index in [1.165, 1.54) is 5.56 Å². The Bertz CT molecular complexity index is 702. The Morgan fingerprint density at radius 1 is 0.857 bits per heavy atom. The predicted octanol–water partition coefficient (Wildman–Crippen LogP) is 3.48. The number of nitrogens with zero attached hydrogens (tertiary/aromatic N) is 2. The van der Waals surface area contributed by atoms with E-state index >= 15 is 0 Å². The Labute approximate surface area is 180 Å². The van der Waals surface area contributed by atoms with Crippen molar-refractivity contribution in [1.82, 2.24) is 15.1 Å². The summed E-state index contributed by atoms with van der Waals surface area (Å²) in [4.78, 5) is 16.8. The van der Waals surface area contributed by atoms with Gasteiger partial charge >= 0.3 is 0 Å². The third-order valence-corrected chi connectivity index (χ3v) is 4.64. The first-order valence-electron chi connectivity index (χ1n) is 9.26. The molecule has 0 bridgehead atoms.